The number of carbonyl (C=O) groups excluding carboxylic acids is 2. The summed E-state index contributed by atoms with van der Waals surface area (Å²) in [5.41, 5.74) is 1.49. The van der Waals surface area contributed by atoms with E-state index in [0.29, 0.717) is 28.4 Å². The third kappa shape index (κ3) is 6.25. The molecule has 3 aromatic carbocycles. The second-order valence-corrected chi connectivity index (χ2v) is 9.68. The Labute approximate surface area is 205 Å². The number of hydrogen-bond donors (Lipinski definition) is 1. The summed E-state index contributed by atoms with van der Waals surface area (Å²) in [4.78, 5) is 26.6. The molecule has 0 heterocycles. The Morgan fingerprint density at radius 3 is 2.44 bits per heavy atom. The number of fused-ring (bicyclic) bond motifs is 1. The zero-order valence-corrected chi connectivity index (χ0v) is 20.7. The van der Waals surface area contributed by atoms with Gasteiger partial charge in [0.25, 0.3) is 5.91 Å². The second kappa shape index (κ2) is 10.9. The van der Waals surface area contributed by atoms with E-state index >= 15 is 0 Å². The van der Waals surface area contributed by atoms with Gasteiger partial charge in [-0.15, -0.1) is 0 Å². The van der Waals surface area contributed by atoms with Gasteiger partial charge in [0.1, 0.15) is 6.10 Å². The average Bonchev–Trinajstić information content (AvgIpc) is 2.80. The van der Waals surface area contributed by atoms with E-state index in [0.717, 1.165) is 16.8 Å². The van der Waals surface area contributed by atoms with E-state index < -0.39 is 18.0 Å². The number of benzene rings is 3. The maximum atomic E-state index is 13.3. The molecule has 178 valence electrons. The van der Waals surface area contributed by atoms with Gasteiger partial charge in [0, 0.05) is 29.3 Å². The number of hydrogen-bond acceptors (Lipinski definition) is 4. The minimum atomic E-state index is -1.02. The van der Waals surface area contributed by atoms with Gasteiger partial charge in [-0.1, -0.05) is 74.8 Å². The van der Waals surface area contributed by atoms with Crippen molar-refractivity contribution in [2.75, 3.05) is 18.1 Å². The largest absolute Gasteiger partial charge is 0.463 e. The summed E-state index contributed by atoms with van der Waals surface area (Å²) in [5.74, 6) is -0.977. The fraction of sp³-hybridized carbons (Fsp3) is 0.286. The van der Waals surface area contributed by atoms with E-state index in [1.807, 2.05) is 63.2 Å². The van der Waals surface area contributed by atoms with Crippen molar-refractivity contribution >= 4 is 39.9 Å². The molecule has 1 atom stereocenters. The van der Waals surface area contributed by atoms with Crippen molar-refractivity contribution in [3.05, 3.63) is 89.0 Å². The summed E-state index contributed by atoms with van der Waals surface area (Å²) in [7, 11) is 0. The van der Waals surface area contributed by atoms with E-state index in [1.54, 1.807) is 30.0 Å². The quantitative estimate of drug-likeness (QED) is 0.329. The van der Waals surface area contributed by atoms with E-state index in [9.17, 15) is 14.7 Å². The fourth-order valence-electron chi connectivity index (χ4n) is 3.82. The van der Waals surface area contributed by atoms with Crippen LogP contribution in [0, 0.1) is 5.41 Å². The Hall–Kier alpha value is -3.15. The van der Waals surface area contributed by atoms with Gasteiger partial charge >= 0.3 is 5.97 Å². The Kier molecular flexibility index (Phi) is 8.13. The first-order chi connectivity index (χ1) is 16.1. The molecule has 1 amide bonds. The van der Waals surface area contributed by atoms with E-state index in [-0.39, 0.29) is 12.0 Å². The molecule has 5 nitrogen and oxygen atoms in total. The highest BCUT2D eigenvalue weighted by atomic mass is 35.5. The summed E-state index contributed by atoms with van der Waals surface area (Å²) in [6, 6.07) is 18.7. The number of halogens is 1. The molecule has 0 aliphatic rings. The maximum Gasteiger partial charge on any atom is 0.330 e. The van der Waals surface area contributed by atoms with Gasteiger partial charge in [0.2, 0.25) is 0 Å². The van der Waals surface area contributed by atoms with E-state index in [4.69, 9.17) is 16.3 Å². The minimum absolute atomic E-state index is 0.224. The zero-order valence-electron chi connectivity index (χ0n) is 19.9. The molecular formula is C28H30ClNO4. The van der Waals surface area contributed by atoms with Crippen molar-refractivity contribution in [1.29, 1.82) is 0 Å². The first-order valence-electron chi connectivity index (χ1n) is 11.2. The summed E-state index contributed by atoms with van der Waals surface area (Å²) < 4.78 is 4.90. The normalized spacial score (nSPS) is 12.6. The molecule has 3 aromatic rings. The zero-order chi connectivity index (χ0) is 24.9. The average molecular weight is 480 g/mol. The number of anilines is 1. The van der Waals surface area contributed by atoms with Crippen molar-refractivity contribution in [3.63, 3.8) is 0 Å². The van der Waals surface area contributed by atoms with Crippen LogP contribution in [0.25, 0.3) is 10.8 Å². The lowest BCUT2D eigenvalue weighted by atomic mass is 9.92. The summed E-state index contributed by atoms with van der Waals surface area (Å²) >= 11 is 6.33. The van der Waals surface area contributed by atoms with Crippen LogP contribution < -0.4 is 4.90 Å². The molecule has 0 radical (unpaired) electrons. The van der Waals surface area contributed by atoms with E-state index in [2.05, 4.69) is 0 Å². The van der Waals surface area contributed by atoms with Crippen molar-refractivity contribution < 1.29 is 19.4 Å². The maximum absolute atomic E-state index is 13.3. The molecule has 0 bridgehead atoms. The highest BCUT2D eigenvalue weighted by molar-refractivity contribution is 6.30. The third-order valence-electron chi connectivity index (χ3n) is 5.24. The lowest BCUT2D eigenvalue weighted by Crippen LogP contribution is -2.38. The molecule has 0 saturated heterocycles. The molecule has 1 N–H and O–H groups in total. The summed E-state index contributed by atoms with van der Waals surface area (Å²) in [5, 5.41) is 13.9. The molecule has 0 fully saturated rings. The number of rotatable bonds is 7. The molecule has 1 unspecified atom stereocenters. The van der Waals surface area contributed by atoms with Gasteiger partial charge in [-0.3, -0.25) is 4.79 Å². The number of esters is 1. The Bertz CT molecular complexity index is 1210. The van der Waals surface area contributed by atoms with Gasteiger partial charge in [-0.05, 0) is 46.9 Å². The Balaban J connectivity index is 2.10. The van der Waals surface area contributed by atoms with Crippen LogP contribution in [0.3, 0.4) is 0 Å². The minimum Gasteiger partial charge on any atom is -0.463 e. The first kappa shape index (κ1) is 25.5. The molecule has 3 rings (SSSR count). The molecular weight excluding hydrogens is 450 g/mol. The third-order valence-corrected chi connectivity index (χ3v) is 5.48. The number of carbonyl (C=O) groups is 2. The highest BCUT2D eigenvalue weighted by Crippen LogP contribution is 2.37. The molecule has 0 spiro atoms. The molecule has 0 saturated carbocycles. The number of amides is 1. The lowest BCUT2D eigenvalue weighted by molar-refractivity contribution is -0.137. The van der Waals surface area contributed by atoms with Crippen LogP contribution in [0.5, 0.6) is 0 Å². The smallest absolute Gasteiger partial charge is 0.330 e. The van der Waals surface area contributed by atoms with Crippen LogP contribution >= 0.6 is 11.6 Å². The van der Waals surface area contributed by atoms with Crippen molar-refractivity contribution in [2.45, 2.75) is 33.8 Å². The molecule has 34 heavy (non-hydrogen) atoms. The van der Waals surface area contributed by atoms with Crippen molar-refractivity contribution in [1.82, 2.24) is 0 Å². The topological polar surface area (TPSA) is 66.8 Å². The summed E-state index contributed by atoms with van der Waals surface area (Å²) in [6.45, 7) is 8.32. The number of aliphatic hydroxyl groups is 1. The van der Waals surface area contributed by atoms with E-state index in [1.165, 1.54) is 6.08 Å². The molecule has 0 aromatic heterocycles. The molecule has 6 heteroatoms. The highest BCUT2D eigenvalue weighted by Gasteiger charge is 2.27. The van der Waals surface area contributed by atoms with Crippen LogP contribution in [0.2, 0.25) is 5.02 Å². The standard InChI is InChI=1S/C28H30ClNO4/c1-5-34-26(32)16-15-25(31)30(18-28(2,3)4)24-14-13-20(29)17-23(24)27(33)22-12-8-10-19-9-6-7-11-21(19)22/h6-17,27,33H,5,18H2,1-4H3. The number of nitrogens with zero attached hydrogens (tertiary/aromatic N) is 1. The number of aliphatic hydroxyl groups excluding tert-OH is 1. The first-order valence-corrected chi connectivity index (χ1v) is 11.6. The van der Waals surface area contributed by atoms with Crippen LogP contribution in [0.15, 0.2) is 72.8 Å². The second-order valence-electron chi connectivity index (χ2n) is 9.24. The van der Waals surface area contributed by atoms with Crippen LogP contribution in [-0.2, 0) is 14.3 Å². The van der Waals surface area contributed by atoms with Gasteiger partial charge < -0.3 is 14.7 Å². The van der Waals surface area contributed by atoms with Gasteiger partial charge in [0.05, 0.1) is 12.3 Å². The predicted molar refractivity (Wildman–Crippen MR) is 137 cm³/mol. The van der Waals surface area contributed by atoms with Crippen LogP contribution in [-0.4, -0.2) is 30.1 Å². The fourth-order valence-corrected chi connectivity index (χ4v) is 4.00. The molecule has 0 aliphatic heterocycles. The monoisotopic (exact) mass is 479 g/mol. The van der Waals surface area contributed by atoms with Crippen LogP contribution in [0.4, 0.5) is 5.69 Å². The predicted octanol–water partition coefficient (Wildman–Crippen LogP) is 6.07. The van der Waals surface area contributed by atoms with Gasteiger partial charge in [-0.25, -0.2) is 4.79 Å². The summed E-state index contributed by atoms with van der Waals surface area (Å²) in [6.07, 6.45) is 1.30. The molecule has 0 aliphatic carbocycles. The van der Waals surface area contributed by atoms with Gasteiger partial charge in [-0.2, -0.15) is 0 Å². The Morgan fingerprint density at radius 2 is 1.74 bits per heavy atom. The van der Waals surface area contributed by atoms with Crippen molar-refractivity contribution in [3.8, 4) is 0 Å². The number of ether oxygens (including phenoxy) is 1. The SMILES string of the molecule is CCOC(=O)C=CC(=O)N(CC(C)(C)C)c1ccc(Cl)cc1C(O)c1cccc2ccccc12. The van der Waals surface area contributed by atoms with Gasteiger partial charge in [0.15, 0.2) is 0 Å². The Morgan fingerprint density at radius 1 is 1.03 bits per heavy atom. The van der Waals surface area contributed by atoms with Crippen molar-refractivity contribution in [2.24, 2.45) is 5.41 Å². The lowest BCUT2D eigenvalue weighted by Gasteiger charge is -2.32. The van der Waals surface area contributed by atoms with Crippen LogP contribution in [0.1, 0.15) is 44.9 Å².